The molecule has 1 aliphatic heterocycles. The number of halogens is 1. The molecule has 0 bridgehead atoms. The van der Waals surface area contributed by atoms with Crippen LogP contribution in [0.4, 0.5) is 0 Å². The zero-order valence-corrected chi connectivity index (χ0v) is 8.95. The van der Waals surface area contributed by atoms with E-state index < -0.39 is 0 Å². The summed E-state index contributed by atoms with van der Waals surface area (Å²) in [6.07, 6.45) is 1.87. The van der Waals surface area contributed by atoms with Gasteiger partial charge in [-0.2, -0.15) is 0 Å². The second kappa shape index (κ2) is 3.98. The Labute approximate surface area is 93.0 Å². The Hall–Kier alpha value is -1.06. The van der Waals surface area contributed by atoms with Crippen LogP contribution >= 0.6 is 23.8 Å². The third-order valence-electron chi connectivity index (χ3n) is 1.99. The van der Waals surface area contributed by atoms with E-state index in [4.69, 9.17) is 23.8 Å². The van der Waals surface area contributed by atoms with Crippen molar-refractivity contribution in [3.8, 4) is 0 Å². The van der Waals surface area contributed by atoms with Crippen LogP contribution in [0.5, 0.6) is 0 Å². The van der Waals surface area contributed by atoms with Crippen LogP contribution in [0.2, 0.25) is 5.02 Å². The van der Waals surface area contributed by atoms with Crippen LogP contribution in [0.15, 0.2) is 36.2 Å². The second-order valence-corrected chi connectivity index (χ2v) is 3.74. The van der Waals surface area contributed by atoms with Crippen LogP contribution in [0.3, 0.4) is 0 Å². The van der Waals surface area contributed by atoms with E-state index in [1.54, 1.807) is 0 Å². The summed E-state index contributed by atoms with van der Waals surface area (Å²) in [7, 11) is 0. The lowest BCUT2D eigenvalue weighted by Crippen LogP contribution is -2.18. The molecule has 0 aromatic heterocycles. The van der Waals surface area contributed by atoms with Gasteiger partial charge in [0.25, 0.3) is 0 Å². The highest BCUT2D eigenvalue weighted by Gasteiger charge is 2.12. The van der Waals surface area contributed by atoms with E-state index in [0.717, 1.165) is 22.8 Å². The zero-order valence-electron chi connectivity index (χ0n) is 7.38. The molecule has 0 saturated carbocycles. The van der Waals surface area contributed by atoms with Gasteiger partial charge in [0.15, 0.2) is 0 Å². The monoisotopic (exact) mass is 224 g/mol. The number of rotatable bonds is 2. The summed E-state index contributed by atoms with van der Waals surface area (Å²) in [5.41, 5.74) is 1.82. The van der Waals surface area contributed by atoms with Gasteiger partial charge in [0.1, 0.15) is 0 Å². The van der Waals surface area contributed by atoms with Gasteiger partial charge in [0, 0.05) is 16.8 Å². The van der Waals surface area contributed by atoms with Crippen molar-refractivity contribution in [2.75, 3.05) is 6.67 Å². The number of allylic oxidation sites excluding steroid dienone is 1. The Balaban J connectivity index is 2.31. The molecule has 1 heterocycles. The number of thiocarbonyl (C=S) groups is 1. The van der Waals surface area contributed by atoms with E-state index in [9.17, 15) is 0 Å². The fraction of sp³-hybridized carbons (Fsp3) is 0.100. The quantitative estimate of drug-likeness (QED) is 0.594. The van der Waals surface area contributed by atoms with Crippen molar-refractivity contribution in [2.24, 2.45) is 0 Å². The summed E-state index contributed by atoms with van der Waals surface area (Å²) in [4.78, 5) is 0.751. The van der Waals surface area contributed by atoms with Crippen LogP contribution in [0.25, 0.3) is 0 Å². The predicted molar refractivity (Wildman–Crippen MR) is 62.4 cm³/mol. The fourth-order valence-corrected chi connectivity index (χ4v) is 1.88. The topological polar surface area (TPSA) is 24.1 Å². The second-order valence-electron chi connectivity index (χ2n) is 2.92. The minimum absolute atomic E-state index is 0.687. The van der Waals surface area contributed by atoms with Crippen molar-refractivity contribution in [1.82, 2.24) is 10.6 Å². The average Bonchev–Trinajstić information content (AvgIpc) is 2.70. The molecule has 1 aromatic carbocycles. The van der Waals surface area contributed by atoms with Crippen LogP contribution in [-0.2, 0) is 0 Å². The highest BCUT2D eigenvalue weighted by Crippen LogP contribution is 2.19. The van der Waals surface area contributed by atoms with Crippen LogP contribution in [-0.4, -0.2) is 11.5 Å². The molecule has 2 rings (SSSR count). The minimum Gasteiger partial charge on any atom is -0.372 e. The third-order valence-corrected chi connectivity index (χ3v) is 2.76. The Bertz CT molecular complexity index is 401. The molecule has 0 saturated heterocycles. The molecular formula is C10H9ClN2S. The lowest BCUT2D eigenvalue weighted by Gasteiger charge is -2.06. The Morgan fingerprint density at radius 2 is 2.14 bits per heavy atom. The van der Waals surface area contributed by atoms with Gasteiger partial charge in [-0.25, -0.2) is 0 Å². The summed E-state index contributed by atoms with van der Waals surface area (Å²) in [5.74, 6) is 0. The molecule has 1 aliphatic rings. The Morgan fingerprint density at radius 3 is 2.79 bits per heavy atom. The standard InChI is InChI=1S/C10H9ClN2S/c11-8-4-2-1-3-7(8)10(14)9-5-12-6-13-9/h1-5,12-13H,6H2. The molecule has 0 atom stereocenters. The molecule has 4 heteroatoms. The molecule has 2 N–H and O–H groups in total. The first-order chi connectivity index (χ1) is 6.79. The van der Waals surface area contributed by atoms with Crippen LogP contribution in [0, 0.1) is 0 Å². The molecule has 0 spiro atoms. The minimum atomic E-state index is 0.687. The molecule has 0 unspecified atom stereocenters. The molecule has 0 fully saturated rings. The lowest BCUT2D eigenvalue weighted by molar-refractivity contribution is 0.827. The molecule has 14 heavy (non-hydrogen) atoms. The van der Waals surface area contributed by atoms with E-state index in [2.05, 4.69) is 10.6 Å². The molecule has 0 aliphatic carbocycles. The molecule has 0 amide bonds. The smallest absolute Gasteiger partial charge is 0.0846 e. The summed E-state index contributed by atoms with van der Waals surface area (Å²) in [6.45, 7) is 0.722. The first-order valence-corrected chi connectivity index (χ1v) is 5.04. The largest absolute Gasteiger partial charge is 0.372 e. The maximum absolute atomic E-state index is 6.03. The van der Waals surface area contributed by atoms with Gasteiger partial charge in [-0.05, 0) is 6.07 Å². The highest BCUT2D eigenvalue weighted by molar-refractivity contribution is 7.81. The molecule has 1 aromatic rings. The van der Waals surface area contributed by atoms with Crippen molar-refractivity contribution in [3.63, 3.8) is 0 Å². The van der Waals surface area contributed by atoms with Gasteiger partial charge in [-0.1, -0.05) is 42.0 Å². The first-order valence-electron chi connectivity index (χ1n) is 4.25. The van der Waals surface area contributed by atoms with E-state index >= 15 is 0 Å². The predicted octanol–water partition coefficient (Wildman–Crippen LogP) is 2.05. The fourth-order valence-electron chi connectivity index (χ4n) is 1.29. The average molecular weight is 225 g/mol. The molecule has 72 valence electrons. The first kappa shape index (κ1) is 9.49. The number of hydrogen-bond donors (Lipinski definition) is 2. The lowest BCUT2D eigenvalue weighted by atomic mass is 10.1. The van der Waals surface area contributed by atoms with E-state index in [0.29, 0.717) is 5.02 Å². The van der Waals surface area contributed by atoms with E-state index in [-0.39, 0.29) is 0 Å². The summed E-state index contributed by atoms with van der Waals surface area (Å²) >= 11 is 11.3. The SMILES string of the molecule is S=C(C1=CNCN1)c1ccccc1Cl. The molecule has 2 nitrogen and oxygen atoms in total. The van der Waals surface area contributed by atoms with E-state index in [1.165, 1.54) is 0 Å². The Kier molecular flexibility index (Phi) is 2.70. The maximum atomic E-state index is 6.03. The van der Waals surface area contributed by atoms with Crippen molar-refractivity contribution in [3.05, 3.63) is 46.7 Å². The van der Waals surface area contributed by atoms with Gasteiger partial charge in [-0.3, -0.25) is 0 Å². The van der Waals surface area contributed by atoms with Crippen LogP contribution < -0.4 is 10.6 Å². The van der Waals surface area contributed by atoms with Gasteiger partial charge < -0.3 is 10.6 Å². The normalized spacial score (nSPS) is 14.2. The molecular weight excluding hydrogens is 216 g/mol. The van der Waals surface area contributed by atoms with Crippen molar-refractivity contribution in [1.29, 1.82) is 0 Å². The highest BCUT2D eigenvalue weighted by atomic mass is 35.5. The van der Waals surface area contributed by atoms with Crippen molar-refractivity contribution in [2.45, 2.75) is 0 Å². The van der Waals surface area contributed by atoms with Gasteiger partial charge >= 0.3 is 0 Å². The van der Waals surface area contributed by atoms with Crippen LogP contribution in [0.1, 0.15) is 5.56 Å². The van der Waals surface area contributed by atoms with Gasteiger partial charge in [-0.15, -0.1) is 0 Å². The van der Waals surface area contributed by atoms with Gasteiger partial charge in [0.2, 0.25) is 0 Å². The number of nitrogens with one attached hydrogen (secondary N) is 2. The Morgan fingerprint density at radius 1 is 1.36 bits per heavy atom. The third kappa shape index (κ3) is 1.74. The molecule has 0 radical (unpaired) electrons. The summed E-state index contributed by atoms with van der Waals surface area (Å²) in [5, 5.41) is 6.86. The van der Waals surface area contributed by atoms with E-state index in [1.807, 2.05) is 30.5 Å². The van der Waals surface area contributed by atoms with Gasteiger partial charge in [0.05, 0.1) is 17.2 Å². The summed E-state index contributed by atoms with van der Waals surface area (Å²) < 4.78 is 0. The number of benzene rings is 1. The summed E-state index contributed by atoms with van der Waals surface area (Å²) in [6, 6.07) is 7.58. The maximum Gasteiger partial charge on any atom is 0.0846 e. The van der Waals surface area contributed by atoms with Crippen molar-refractivity contribution < 1.29 is 0 Å². The zero-order chi connectivity index (χ0) is 9.97. The number of hydrogen-bond acceptors (Lipinski definition) is 3. The van der Waals surface area contributed by atoms with Crippen molar-refractivity contribution >= 4 is 28.7 Å².